The molecular formula is C21H26N3O2+. The Balaban J connectivity index is 1.35. The number of rotatable bonds is 4. The summed E-state index contributed by atoms with van der Waals surface area (Å²) >= 11 is 0. The van der Waals surface area contributed by atoms with Gasteiger partial charge in [0.2, 0.25) is 6.54 Å². The Morgan fingerprint density at radius 2 is 1.77 bits per heavy atom. The van der Waals surface area contributed by atoms with E-state index >= 15 is 0 Å². The van der Waals surface area contributed by atoms with Gasteiger partial charge in [-0.3, -0.25) is 4.79 Å². The second kappa shape index (κ2) is 7.87. The zero-order chi connectivity index (χ0) is 17.8. The van der Waals surface area contributed by atoms with E-state index in [1.54, 1.807) is 0 Å². The molecule has 0 bridgehead atoms. The number of morpholine rings is 1. The van der Waals surface area contributed by atoms with Crippen LogP contribution in [0.5, 0.6) is 0 Å². The van der Waals surface area contributed by atoms with Crippen molar-refractivity contribution in [3.8, 4) is 0 Å². The molecule has 1 saturated heterocycles. The molecule has 2 aromatic rings. The first-order valence-corrected chi connectivity index (χ1v) is 9.51. The SMILES string of the molecule is O=C(C[n+]1ccc2c(c1)CCCC2)Nc1ccc(N2CCOCC2)cc1. The predicted molar refractivity (Wildman–Crippen MR) is 101 cm³/mol. The highest BCUT2D eigenvalue weighted by atomic mass is 16.5. The van der Waals surface area contributed by atoms with Crippen LogP contribution in [-0.2, 0) is 28.9 Å². The highest BCUT2D eigenvalue weighted by molar-refractivity contribution is 5.89. The third-order valence-corrected chi connectivity index (χ3v) is 5.20. The van der Waals surface area contributed by atoms with Crippen molar-refractivity contribution in [1.82, 2.24) is 0 Å². The molecule has 4 rings (SSSR count). The molecule has 1 fully saturated rings. The van der Waals surface area contributed by atoms with Crippen molar-refractivity contribution in [1.29, 1.82) is 0 Å². The molecule has 1 aliphatic carbocycles. The van der Waals surface area contributed by atoms with Gasteiger partial charge < -0.3 is 15.0 Å². The predicted octanol–water partition coefficient (Wildman–Crippen LogP) is 2.33. The Hall–Kier alpha value is -2.40. The second-order valence-electron chi connectivity index (χ2n) is 7.07. The minimum atomic E-state index is 0.00452. The molecule has 1 N–H and O–H groups in total. The topological polar surface area (TPSA) is 45.5 Å². The average Bonchev–Trinajstić information content (AvgIpc) is 2.69. The number of aryl methyl sites for hydroxylation is 2. The van der Waals surface area contributed by atoms with Gasteiger partial charge in [0.15, 0.2) is 12.4 Å². The number of hydrogen-bond donors (Lipinski definition) is 1. The zero-order valence-corrected chi connectivity index (χ0v) is 15.1. The molecule has 2 heterocycles. The Kier molecular flexibility index (Phi) is 5.16. The fourth-order valence-electron chi connectivity index (χ4n) is 3.76. The van der Waals surface area contributed by atoms with Gasteiger partial charge in [0.05, 0.1) is 13.2 Å². The van der Waals surface area contributed by atoms with Gasteiger partial charge in [0.1, 0.15) is 0 Å². The maximum absolute atomic E-state index is 12.4. The third kappa shape index (κ3) is 4.05. The highest BCUT2D eigenvalue weighted by Crippen LogP contribution is 2.20. The molecule has 136 valence electrons. The lowest BCUT2D eigenvalue weighted by Crippen LogP contribution is -2.40. The molecule has 5 heteroatoms. The highest BCUT2D eigenvalue weighted by Gasteiger charge is 2.16. The summed E-state index contributed by atoms with van der Waals surface area (Å²) < 4.78 is 7.38. The minimum absolute atomic E-state index is 0.00452. The number of pyridine rings is 1. The lowest BCUT2D eigenvalue weighted by molar-refractivity contribution is -0.684. The summed E-state index contributed by atoms with van der Waals surface area (Å²) in [7, 11) is 0. The molecular weight excluding hydrogens is 326 g/mol. The molecule has 0 saturated carbocycles. The number of amides is 1. The van der Waals surface area contributed by atoms with Crippen LogP contribution >= 0.6 is 0 Å². The summed E-state index contributed by atoms with van der Waals surface area (Å²) in [5.74, 6) is 0.00452. The summed E-state index contributed by atoms with van der Waals surface area (Å²) in [5.41, 5.74) is 4.84. The van der Waals surface area contributed by atoms with Crippen LogP contribution in [0.1, 0.15) is 24.0 Å². The largest absolute Gasteiger partial charge is 0.378 e. The minimum Gasteiger partial charge on any atom is -0.378 e. The second-order valence-corrected chi connectivity index (χ2v) is 7.07. The van der Waals surface area contributed by atoms with Crippen molar-refractivity contribution in [2.24, 2.45) is 0 Å². The zero-order valence-electron chi connectivity index (χ0n) is 15.1. The molecule has 1 aliphatic heterocycles. The van der Waals surface area contributed by atoms with Crippen molar-refractivity contribution in [2.45, 2.75) is 32.2 Å². The maximum atomic E-state index is 12.4. The van der Waals surface area contributed by atoms with E-state index in [9.17, 15) is 4.79 Å². The fourth-order valence-corrected chi connectivity index (χ4v) is 3.76. The van der Waals surface area contributed by atoms with Crippen molar-refractivity contribution >= 4 is 17.3 Å². The summed E-state index contributed by atoms with van der Waals surface area (Å²) in [4.78, 5) is 14.7. The van der Waals surface area contributed by atoms with Crippen LogP contribution < -0.4 is 14.8 Å². The molecule has 1 aromatic carbocycles. The molecule has 1 amide bonds. The van der Waals surface area contributed by atoms with Crippen molar-refractivity contribution in [3.05, 3.63) is 53.9 Å². The number of hydrogen-bond acceptors (Lipinski definition) is 3. The lowest BCUT2D eigenvalue weighted by Gasteiger charge is -2.28. The van der Waals surface area contributed by atoms with Crippen LogP contribution in [0.2, 0.25) is 0 Å². The summed E-state index contributed by atoms with van der Waals surface area (Å²) in [6.45, 7) is 3.73. The monoisotopic (exact) mass is 352 g/mol. The normalized spacial score (nSPS) is 16.8. The Morgan fingerprint density at radius 3 is 2.54 bits per heavy atom. The number of benzene rings is 1. The molecule has 0 spiro atoms. The molecule has 0 atom stereocenters. The third-order valence-electron chi connectivity index (χ3n) is 5.20. The Morgan fingerprint density at radius 1 is 1.04 bits per heavy atom. The number of anilines is 2. The molecule has 1 aromatic heterocycles. The van der Waals surface area contributed by atoms with Crippen LogP contribution in [0.4, 0.5) is 11.4 Å². The smallest absolute Gasteiger partial charge is 0.290 e. The van der Waals surface area contributed by atoms with Gasteiger partial charge in [-0.25, -0.2) is 0 Å². The van der Waals surface area contributed by atoms with Gasteiger partial charge in [0.25, 0.3) is 5.91 Å². The van der Waals surface area contributed by atoms with Crippen LogP contribution in [-0.4, -0.2) is 32.2 Å². The summed E-state index contributed by atoms with van der Waals surface area (Å²) in [5, 5.41) is 3.00. The van der Waals surface area contributed by atoms with Crippen LogP contribution in [0.3, 0.4) is 0 Å². The molecule has 2 aliphatic rings. The number of carbonyl (C=O) groups excluding carboxylic acids is 1. The van der Waals surface area contributed by atoms with Gasteiger partial charge in [0, 0.05) is 36.1 Å². The quantitative estimate of drug-likeness (QED) is 0.859. The van der Waals surface area contributed by atoms with E-state index in [0.29, 0.717) is 6.54 Å². The maximum Gasteiger partial charge on any atom is 0.290 e. The molecule has 0 radical (unpaired) electrons. The average molecular weight is 352 g/mol. The van der Waals surface area contributed by atoms with Gasteiger partial charge >= 0.3 is 0 Å². The van der Waals surface area contributed by atoms with Crippen molar-refractivity contribution < 1.29 is 14.1 Å². The molecule has 5 nitrogen and oxygen atoms in total. The molecule has 26 heavy (non-hydrogen) atoms. The van der Waals surface area contributed by atoms with Crippen LogP contribution in [0.15, 0.2) is 42.7 Å². The van der Waals surface area contributed by atoms with Gasteiger partial charge in [-0.15, -0.1) is 0 Å². The first-order valence-electron chi connectivity index (χ1n) is 9.51. The van der Waals surface area contributed by atoms with E-state index in [0.717, 1.165) is 44.8 Å². The van der Waals surface area contributed by atoms with Crippen LogP contribution in [0.25, 0.3) is 0 Å². The number of fused-ring (bicyclic) bond motifs is 1. The van der Waals surface area contributed by atoms with E-state index in [1.165, 1.54) is 29.7 Å². The number of nitrogens with zero attached hydrogens (tertiary/aromatic N) is 2. The number of aromatic nitrogens is 1. The number of carbonyl (C=O) groups is 1. The van der Waals surface area contributed by atoms with Gasteiger partial charge in [-0.1, -0.05) is 0 Å². The number of nitrogens with one attached hydrogen (secondary N) is 1. The fraction of sp³-hybridized carbons (Fsp3) is 0.429. The summed E-state index contributed by atoms with van der Waals surface area (Å²) in [6, 6.07) is 10.2. The van der Waals surface area contributed by atoms with Crippen molar-refractivity contribution in [3.63, 3.8) is 0 Å². The lowest BCUT2D eigenvalue weighted by atomic mass is 9.93. The first-order chi connectivity index (χ1) is 12.8. The van der Waals surface area contributed by atoms with Gasteiger partial charge in [-0.2, -0.15) is 4.57 Å². The van der Waals surface area contributed by atoms with Crippen LogP contribution in [0, 0.1) is 0 Å². The van der Waals surface area contributed by atoms with E-state index < -0.39 is 0 Å². The Bertz CT molecular complexity index is 767. The summed E-state index contributed by atoms with van der Waals surface area (Å²) in [6.07, 6.45) is 8.97. The standard InChI is InChI=1S/C21H25N3O2/c25-21(16-23-10-9-17-3-1-2-4-18(17)15-23)22-19-5-7-20(8-6-19)24-11-13-26-14-12-24/h5-10,15H,1-4,11-14,16H2/p+1. The Labute approximate surface area is 154 Å². The van der Waals surface area contributed by atoms with E-state index in [4.69, 9.17) is 4.74 Å². The van der Waals surface area contributed by atoms with E-state index in [1.807, 2.05) is 22.9 Å². The number of ether oxygens (including phenoxy) is 1. The van der Waals surface area contributed by atoms with E-state index in [-0.39, 0.29) is 5.91 Å². The first kappa shape index (κ1) is 17.0. The van der Waals surface area contributed by atoms with E-state index in [2.05, 4.69) is 34.6 Å². The van der Waals surface area contributed by atoms with Crippen molar-refractivity contribution in [2.75, 3.05) is 36.5 Å². The van der Waals surface area contributed by atoms with Gasteiger partial charge in [-0.05, 0) is 55.5 Å². The molecule has 0 unspecified atom stereocenters.